The first kappa shape index (κ1) is 12.0. The molecule has 0 spiro atoms. The molecule has 0 radical (unpaired) electrons. The van der Waals surface area contributed by atoms with Gasteiger partial charge >= 0.3 is 0 Å². The van der Waals surface area contributed by atoms with Crippen molar-refractivity contribution >= 4 is 0 Å². The summed E-state index contributed by atoms with van der Waals surface area (Å²) in [5.74, 6) is 1.08. The minimum Gasteiger partial charge on any atom is -0.493 e. The van der Waals surface area contributed by atoms with Crippen LogP contribution in [0.2, 0.25) is 0 Å². The van der Waals surface area contributed by atoms with Crippen molar-refractivity contribution in [3.05, 3.63) is 29.3 Å². The summed E-state index contributed by atoms with van der Waals surface area (Å²) in [4.78, 5) is 0. The van der Waals surface area contributed by atoms with Gasteiger partial charge in [0, 0.05) is 25.7 Å². The van der Waals surface area contributed by atoms with Gasteiger partial charge in [-0.15, -0.1) is 0 Å². The summed E-state index contributed by atoms with van der Waals surface area (Å²) in [6.45, 7) is 3.96. The molecule has 18 heavy (non-hydrogen) atoms. The lowest BCUT2D eigenvalue weighted by Crippen LogP contribution is -2.28. The molecule has 2 aliphatic rings. The number of nitrogens with one attached hydrogen (secondary N) is 2. The highest BCUT2D eigenvalue weighted by atomic mass is 16.5. The number of aryl methyl sites for hydroxylation is 1. The van der Waals surface area contributed by atoms with E-state index in [4.69, 9.17) is 4.74 Å². The van der Waals surface area contributed by atoms with E-state index in [2.05, 4.69) is 28.8 Å². The van der Waals surface area contributed by atoms with Gasteiger partial charge in [-0.05, 0) is 42.9 Å². The van der Waals surface area contributed by atoms with Crippen LogP contribution >= 0.6 is 0 Å². The second-order valence-corrected chi connectivity index (χ2v) is 5.30. The van der Waals surface area contributed by atoms with Crippen LogP contribution in [-0.4, -0.2) is 25.7 Å². The minimum absolute atomic E-state index is 0.813. The summed E-state index contributed by atoms with van der Waals surface area (Å²) in [6, 6.07) is 7.39. The third-order valence-electron chi connectivity index (χ3n) is 3.61. The third-order valence-corrected chi connectivity index (χ3v) is 3.61. The maximum absolute atomic E-state index is 5.62. The molecule has 3 heteroatoms. The summed E-state index contributed by atoms with van der Waals surface area (Å²) in [7, 11) is 0. The Morgan fingerprint density at radius 3 is 3.06 bits per heavy atom. The van der Waals surface area contributed by atoms with Crippen LogP contribution in [-0.2, 0) is 13.0 Å². The molecule has 1 heterocycles. The van der Waals surface area contributed by atoms with Crippen molar-refractivity contribution in [1.82, 2.24) is 10.6 Å². The molecule has 0 aromatic heterocycles. The summed E-state index contributed by atoms with van der Waals surface area (Å²) in [5.41, 5.74) is 2.74. The molecule has 0 atom stereocenters. The minimum atomic E-state index is 0.813. The molecule has 98 valence electrons. The fourth-order valence-corrected chi connectivity index (χ4v) is 2.41. The van der Waals surface area contributed by atoms with Gasteiger partial charge in [0.15, 0.2) is 0 Å². The quantitative estimate of drug-likeness (QED) is 0.752. The normalized spacial score (nSPS) is 18.2. The van der Waals surface area contributed by atoms with Crippen molar-refractivity contribution < 1.29 is 4.74 Å². The smallest absolute Gasteiger partial charge is 0.122 e. The van der Waals surface area contributed by atoms with E-state index in [1.165, 1.54) is 24.0 Å². The van der Waals surface area contributed by atoms with E-state index in [0.29, 0.717) is 0 Å². The number of hydrogen-bond donors (Lipinski definition) is 2. The van der Waals surface area contributed by atoms with Crippen LogP contribution in [0.15, 0.2) is 18.2 Å². The van der Waals surface area contributed by atoms with Crippen LogP contribution in [0.25, 0.3) is 0 Å². The molecule has 3 rings (SSSR count). The van der Waals surface area contributed by atoms with Gasteiger partial charge in [-0.3, -0.25) is 0 Å². The molecule has 2 N–H and O–H groups in total. The zero-order chi connectivity index (χ0) is 12.2. The maximum atomic E-state index is 5.62. The lowest BCUT2D eigenvalue weighted by Gasteiger charge is -2.18. The largest absolute Gasteiger partial charge is 0.493 e. The van der Waals surface area contributed by atoms with Crippen LogP contribution < -0.4 is 15.4 Å². The van der Waals surface area contributed by atoms with E-state index in [-0.39, 0.29) is 0 Å². The molecule has 1 aliphatic heterocycles. The molecular formula is C15H22N2O. The molecule has 0 amide bonds. The lowest BCUT2D eigenvalue weighted by atomic mass is 10.0. The summed E-state index contributed by atoms with van der Waals surface area (Å²) in [6.07, 6.45) is 5.04. The first-order valence-electron chi connectivity index (χ1n) is 7.10. The van der Waals surface area contributed by atoms with E-state index in [1.54, 1.807) is 0 Å². The number of hydrogen-bond acceptors (Lipinski definition) is 3. The molecule has 0 saturated heterocycles. The number of rotatable bonds is 6. The first-order chi connectivity index (χ1) is 8.92. The van der Waals surface area contributed by atoms with Crippen LogP contribution in [0, 0.1) is 0 Å². The second-order valence-electron chi connectivity index (χ2n) is 5.30. The SMILES string of the molecule is c1cc2c(cc1CNCCNC1CC1)CCCO2. The molecule has 1 aromatic carbocycles. The summed E-state index contributed by atoms with van der Waals surface area (Å²) >= 11 is 0. The Morgan fingerprint density at radius 2 is 2.17 bits per heavy atom. The van der Waals surface area contributed by atoms with Crippen molar-refractivity contribution in [2.24, 2.45) is 0 Å². The highest BCUT2D eigenvalue weighted by Crippen LogP contribution is 2.25. The Morgan fingerprint density at radius 1 is 1.22 bits per heavy atom. The fourth-order valence-electron chi connectivity index (χ4n) is 2.41. The number of benzene rings is 1. The topological polar surface area (TPSA) is 33.3 Å². The molecule has 1 fully saturated rings. The highest BCUT2D eigenvalue weighted by molar-refractivity contribution is 5.38. The molecule has 0 unspecified atom stereocenters. The van der Waals surface area contributed by atoms with E-state index < -0.39 is 0 Å². The summed E-state index contributed by atoms with van der Waals surface area (Å²) in [5, 5.41) is 7.00. The predicted octanol–water partition coefficient (Wildman–Crippen LogP) is 1.85. The third kappa shape index (κ3) is 3.24. The zero-order valence-electron chi connectivity index (χ0n) is 10.9. The average molecular weight is 246 g/mol. The van der Waals surface area contributed by atoms with Crippen LogP contribution in [0.4, 0.5) is 0 Å². The highest BCUT2D eigenvalue weighted by Gasteiger charge is 2.19. The van der Waals surface area contributed by atoms with Crippen LogP contribution in [0.1, 0.15) is 30.4 Å². The standard InChI is InChI=1S/C15H22N2O/c1-2-13-10-12(3-6-15(13)18-9-1)11-16-7-8-17-14-4-5-14/h3,6,10,14,16-17H,1-2,4-5,7-9,11H2. The Hall–Kier alpha value is -1.06. The Labute approximate surface area is 109 Å². The molecule has 3 nitrogen and oxygen atoms in total. The molecule has 1 saturated carbocycles. The average Bonchev–Trinajstić information content (AvgIpc) is 3.22. The predicted molar refractivity (Wildman–Crippen MR) is 73.0 cm³/mol. The molecule has 1 aliphatic carbocycles. The van der Waals surface area contributed by atoms with Crippen molar-refractivity contribution in [2.75, 3.05) is 19.7 Å². The van der Waals surface area contributed by atoms with Gasteiger partial charge in [0.2, 0.25) is 0 Å². The maximum Gasteiger partial charge on any atom is 0.122 e. The van der Waals surface area contributed by atoms with Gasteiger partial charge in [0.1, 0.15) is 5.75 Å². The van der Waals surface area contributed by atoms with Crippen molar-refractivity contribution in [3.63, 3.8) is 0 Å². The summed E-state index contributed by atoms with van der Waals surface area (Å²) < 4.78 is 5.62. The van der Waals surface area contributed by atoms with E-state index in [9.17, 15) is 0 Å². The number of ether oxygens (including phenoxy) is 1. The Bertz CT molecular complexity index is 401. The molecule has 1 aromatic rings. The lowest BCUT2D eigenvalue weighted by molar-refractivity contribution is 0.288. The Kier molecular flexibility index (Phi) is 3.81. The van der Waals surface area contributed by atoms with Crippen molar-refractivity contribution in [3.8, 4) is 5.75 Å². The van der Waals surface area contributed by atoms with E-state index in [1.807, 2.05) is 0 Å². The molecular weight excluding hydrogens is 224 g/mol. The zero-order valence-corrected chi connectivity index (χ0v) is 10.9. The van der Waals surface area contributed by atoms with Crippen LogP contribution in [0.5, 0.6) is 5.75 Å². The molecule has 0 bridgehead atoms. The Balaban J connectivity index is 1.43. The monoisotopic (exact) mass is 246 g/mol. The number of fused-ring (bicyclic) bond motifs is 1. The fraction of sp³-hybridized carbons (Fsp3) is 0.600. The van der Waals surface area contributed by atoms with E-state index >= 15 is 0 Å². The van der Waals surface area contributed by atoms with Crippen molar-refractivity contribution in [1.29, 1.82) is 0 Å². The second kappa shape index (κ2) is 5.72. The van der Waals surface area contributed by atoms with Gasteiger partial charge in [-0.25, -0.2) is 0 Å². The van der Waals surface area contributed by atoms with E-state index in [0.717, 1.165) is 50.9 Å². The van der Waals surface area contributed by atoms with Crippen LogP contribution in [0.3, 0.4) is 0 Å². The van der Waals surface area contributed by atoms with Gasteiger partial charge in [0.05, 0.1) is 6.61 Å². The van der Waals surface area contributed by atoms with Gasteiger partial charge in [-0.1, -0.05) is 12.1 Å². The first-order valence-corrected chi connectivity index (χ1v) is 7.10. The van der Waals surface area contributed by atoms with Gasteiger partial charge < -0.3 is 15.4 Å². The van der Waals surface area contributed by atoms with Gasteiger partial charge in [0.25, 0.3) is 0 Å². The van der Waals surface area contributed by atoms with Gasteiger partial charge in [-0.2, -0.15) is 0 Å². The van der Waals surface area contributed by atoms with Crippen molar-refractivity contribution in [2.45, 2.75) is 38.3 Å².